The second-order valence-corrected chi connectivity index (χ2v) is 9.28. The zero-order valence-electron chi connectivity index (χ0n) is 19.7. The number of nitrogens with zero attached hydrogens (tertiary/aromatic N) is 1. The number of ether oxygens (including phenoxy) is 3. The summed E-state index contributed by atoms with van der Waals surface area (Å²) in [4.78, 5) is 27.2. The molecule has 1 fully saturated rings. The first-order valence-electron chi connectivity index (χ1n) is 11.3. The van der Waals surface area contributed by atoms with Gasteiger partial charge < -0.3 is 14.2 Å². The molecule has 0 saturated carbocycles. The van der Waals surface area contributed by atoms with E-state index in [0.29, 0.717) is 38.6 Å². The molecular weight excluding hydrogens is 470 g/mol. The lowest BCUT2D eigenvalue weighted by atomic mass is 10.1. The molecule has 1 saturated heterocycles. The molecule has 0 N–H and O–H groups in total. The minimum absolute atomic E-state index is 0.244. The fraction of sp³-hybridized carbons (Fsp3) is 0.346. The number of hydrogen-bond acceptors (Lipinski definition) is 7. The molecule has 1 heterocycles. The smallest absolute Gasteiger partial charge is 0.338 e. The van der Waals surface area contributed by atoms with Gasteiger partial charge in [-0.15, -0.1) is 0 Å². The number of rotatable bonds is 11. The van der Waals surface area contributed by atoms with E-state index in [0.717, 1.165) is 18.4 Å². The van der Waals surface area contributed by atoms with Crippen molar-refractivity contribution in [1.82, 2.24) is 0 Å². The van der Waals surface area contributed by atoms with E-state index in [9.17, 15) is 9.59 Å². The van der Waals surface area contributed by atoms with Gasteiger partial charge in [-0.25, -0.2) is 4.79 Å². The Morgan fingerprint density at radius 1 is 1.09 bits per heavy atom. The summed E-state index contributed by atoms with van der Waals surface area (Å²) in [5.41, 5.74) is 1.70. The molecule has 2 aromatic carbocycles. The lowest BCUT2D eigenvalue weighted by Gasteiger charge is -2.15. The SMILES string of the molecule is CCCCCCOc1ccc(/C=C2\SC(=S)N(c3cccc(C(=O)OCC)c3)C2=O)cc1OC. The van der Waals surface area contributed by atoms with E-state index in [4.69, 9.17) is 26.4 Å². The number of unbranched alkanes of at least 4 members (excludes halogenated alkanes) is 3. The number of benzene rings is 2. The Morgan fingerprint density at radius 2 is 1.91 bits per heavy atom. The molecule has 2 aromatic rings. The molecule has 1 aliphatic rings. The van der Waals surface area contributed by atoms with Gasteiger partial charge in [-0.2, -0.15) is 0 Å². The molecule has 0 radical (unpaired) electrons. The third-order valence-electron chi connectivity index (χ3n) is 5.15. The number of methoxy groups -OCH3 is 1. The lowest BCUT2D eigenvalue weighted by Crippen LogP contribution is -2.27. The van der Waals surface area contributed by atoms with Crippen molar-refractivity contribution in [1.29, 1.82) is 0 Å². The van der Waals surface area contributed by atoms with E-state index in [1.165, 1.54) is 29.5 Å². The summed E-state index contributed by atoms with van der Waals surface area (Å²) in [5, 5.41) is 0. The van der Waals surface area contributed by atoms with E-state index in [1.54, 1.807) is 44.4 Å². The van der Waals surface area contributed by atoms with Crippen LogP contribution in [0.3, 0.4) is 0 Å². The number of thioether (sulfide) groups is 1. The Kier molecular flexibility index (Phi) is 9.53. The number of amides is 1. The van der Waals surface area contributed by atoms with Crippen LogP contribution in [0.25, 0.3) is 6.08 Å². The van der Waals surface area contributed by atoms with E-state index < -0.39 is 5.97 Å². The van der Waals surface area contributed by atoms with Gasteiger partial charge in [-0.05, 0) is 55.3 Å². The van der Waals surface area contributed by atoms with Gasteiger partial charge in [0.15, 0.2) is 15.8 Å². The third-order valence-corrected chi connectivity index (χ3v) is 6.45. The van der Waals surface area contributed by atoms with Crippen LogP contribution in [0.5, 0.6) is 11.5 Å². The maximum atomic E-state index is 13.2. The summed E-state index contributed by atoms with van der Waals surface area (Å²) < 4.78 is 16.8. The Hall–Kier alpha value is -2.84. The zero-order chi connectivity index (χ0) is 24.5. The monoisotopic (exact) mass is 499 g/mol. The summed E-state index contributed by atoms with van der Waals surface area (Å²) in [7, 11) is 1.60. The first-order valence-corrected chi connectivity index (χ1v) is 12.6. The molecule has 1 amide bonds. The van der Waals surface area contributed by atoms with Crippen molar-refractivity contribution in [2.75, 3.05) is 25.2 Å². The van der Waals surface area contributed by atoms with Crippen molar-refractivity contribution in [3.8, 4) is 11.5 Å². The predicted molar refractivity (Wildman–Crippen MR) is 141 cm³/mol. The largest absolute Gasteiger partial charge is 0.493 e. The minimum Gasteiger partial charge on any atom is -0.493 e. The highest BCUT2D eigenvalue weighted by Gasteiger charge is 2.33. The first-order chi connectivity index (χ1) is 16.5. The molecule has 34 heavy (non-hydrogen) atoms. The van der Waals surface area contributed by atoms with Crippen LogP contribution >= 0.6 is 24.0 Å². The Labute approximate surface area is 210 Å². The van der Waals surface area contributed by atoms with Crippen LogP contribution in [0.1, 0.15) is 55.5 Å². The summed E-state index contributed by atoms with van der Waals surface area (Å²) in [6.45, 7) is 4.84. The van der Waals surface area contributed by atoms with E-state index in [2.05, 4.69) is 6.92 Å². The van der Waals surface area contributed by atoms with E-state index in [1.807, 2.05) is 18.2 Å². The van der Waals surface area contributed by atoms with Gasteiger partial charge in [0, 0.05) is 0 Å². The van der Waals surface area contributed by atoms with Crippen molar-refractivity contribution < 1.29 is 23.8 Å². The summed E-state index contributed by atoms with van der Waals surface area (Å²) >= 11 is 6.68. The van der Waals surface area contributed by atoms with Crippen LogP contribution in [0, 0.1) is 0 Å². The van der Waals surface area contributed by atoms with Crippen molar-refractivity contribution in [3.63, 3.8) is 0 Å². The number of esters is 1. The highest BCUT2D eigenvalue weighted by atomic mass is 32.2. The maximum absolute atomic E-state index is 13.2. The third kappa shape index (κ3) is 6.39. The minimum atomic E-state index is -0.440. The average molecular weight is 500 g/mol. The quantitative estimate of drug-likeness (QED) is 0.157. The van der Waals surface area contributed by atoms with Gasteiger partial charge in [0.25, 0.3) is 5.91 Å². The molecule has 0 aliphatic carbocycles. The van der Waals surface area contributed by atoms with Crippen molar-refractivity contribution >= 4 is 51.9 Å². The average Bonchev–Trinajstić information content (AvgIpc) is 3.12. The zero-order valence-corrected chi connectivity index (χ0v) is 21.3. The summed E-state index contributed by atoms with van der Waals surface area (Å²) in [5.74, 6) is 0.609. The molecule has 180 valence electrons. The molecule has 0 bridgehead atoms. The Morgan fingerprint density at radius 3 is 2.65 bits per heavy atom. The molecule has 6 nitrogen and oxygen atoms in total. The topological polar surface area (TPSA) is 65.1 Å². The highest BCUT2D eigenvalue weighted by molar-refractivity contribution is 8.27. The predicted octanol–water partition coefficient (Wildman–Crippen LogP) is 6.24. The van der Waals surface area contributed by atoms with Crippen LogP contribution in [-0.4, -0.2) is 36.5 Å². The van der Waals surface area contributed by atoms with E-state index in [-0.39, 0.29) is 12.5 Å². The van der Waals surface area contributed by atoms with Crippen molar-refractivity contribution in [3.05, 3.63) is 58.5 Å². The van der Waals surface area contributed by atoms with Crippen LogP contribution in [0.15, 0.2) is 47.4 Å². The van der Waals surface area contributed by atoms with Crippen LogP contribution in [0.2, 0.25) is 0 Å². The first kappa shape index (κ1) is 25.8. The fourth-order valence-electron chi connectivity index (χ4n) is 3.43. The molecule has 8 heteroatoms. The van der Waals surface area contributed by atoms with Crippen molar-refractivity contribution in [2.24, 2.45) is 0 Å². The van der Waals surface area contributed by atoms with Gasteiger partial charge >= 0.3 is 5.97 Å². The Balaban J connectivity index is 1.76. The number of hydrogen-bond donors (Lipinski definition) is 0. The van der Waals surface area contributed by atoms with Gasteiger partial charge in [0.1, 0.15) is 0 Å². The molecule has 0 spiro atoms. The second kappa shape index (κ2) is 12.6. The second-order valence-electron chi connectivity index (χ2n) is 7.61. The fourth-order valence-corrected chi connectivity index (χ4v) is 4.73. The number of anilines is 1. The maximum Gasteiger partial charge on any atom is 0.338 e. The normalized spacial score (nSPS) is 14.6. The lowest BCUT2D eigenvalue weighted by molar-refractivity contribution is -0.113. The number of carbonyl (C=O) groups excluding carboxylic acids is 2. The molecule has 0 atom stereocenters. The van der Waals surface area contributed by atoms with Gasteiger partial charge in [0.05, 0.1) is 36.5 Å². The van der Waals surface area contributed by atoms with Gasteiger partial charge in [-0.1, -0.05) is 62.3 Å². The summed E-state index contributed by atoms with van der Waals surface area (Å²) in [6.07, 6.45) is 6.30. The van der Waals surface area contributed by atoms with Crippen molar-refractivity contribution in [2.45, 2.75) is 39.5 Å². The molecular formula is C26H29NO5S2. The highest BCUT2D eigenvalue weighted by Crippen LogP contribution is 2.37. The number of carbonyl (C=O) groups is 2. The molecule has 0 aromatic heterocycles. The van der Waals surface area contributed by atoms with E-state index >= 15 is 0 Å². The Bertz CT molecular complexity index is 1080. The number of thiocarbonyl (C=S) groups is 1. The van der Waals surface area contributed by atoms with Crippen LogP contribution in [-0.2, 0) is 9.53 Å². The molecule has 0 unspecified atom stereocenters. The van der Waals surface area contributed by atoms with Gasteiger partial charge in [0.2, 0.25) is 0 Å². The van der Waals surface area contributed by atoms with Crippen LogP contribution in [0.4, 0.5) is 5.69 Å². The molecule has 1 aliphatic heterocycles. The standard InChI is InChI=1S/C26H29NO5S2/c1-4-6-7-8-14-32-21-13-12-18(15-22(21)30-3)16-23-24(28)27(26(33)34-23)20-11-9-10-19(17-20)25(29)31-5-2/h9-13,15-17H,4-8,14H2,1-3H3/b23-16-. The van der Waals surface area contributed by atoms with Crippen LogP contribution < -0.4 is 14.4 Å². The summed E-state index contributed by atoms with van der Waals surface area (Å²) in [6, 6.07) is 12.3. The molecule has 3 rings (SSSR count). The van der Waals surface area contributed by atoms with Gasteiger partial charge in [-0.3, -0.25) is 9.69 Å².